The van der Waals surface area contributed by atoms with Crippen LogP contribution >= 0.6 is 0 Å². The fraction of sp³-hybridized carbons (Fsp3) is 0.500. The molecule has 0 fully saturated rings. The van der Waals surface area contributed by atoms with Crippen LogP contribution in [0.4, 0.5) is 5.82 Å². The molecule has 226 valence electrons. The van der Waals surface area contributed by atoms with Gasteiger partial charge in [-0.2, -0.15) is 5.10 Å². The number of carboxylic acid groups (broad SMARTS) is 1. The molecule has 4 N–H and O–H groups in total. The summed E-state index contributed by atoms with van der Waals surface area (Å²) in [5.74, 6) is -0.486. The van der Waals surface area contributed by atoms with E-state index in [0.29, 0.717) is 25.1 Å². The Kier molecular flexibility index (Phi) is 10.7. The third-order valence-corrected chi connectivity index (χ3v) is 7.65. The van der Waals surface area contributed by atoms with Crippen LogP contribution in [-0.2, 0) is 24.7 Å². The van der Waals surface area contributed by atoms with Crippen molar-refractivity contribution in [2.75, 3.05) is 31.5 Å². The molecule has 10 nitrogen and oxygen atoms in total. The van der Waals surface area contributed by atoms with Crippen LogP contribution in [0.3, 0.4) is 0 Å². The Balaban J connectivity index is 1.31. The molecular weight excluding hydrogens is 532 g/mol. The van der Waals surface area contributed by atoms with Crippen molar-refractivity contribution in [1.82, 2.24) is 25.0 Å². The van der Waals surface area contributed by atoms with Crippen LogP contribution in [0.15, 0.2) is 48.8 Å². The Morgan fingerprint density at radius 2 is 1.98 bits per heavy atom. The number of aliphatic carboxylic acids is 1. The molecule has 10 heteroatoms. The van der Waals surface area contributed by atoms with Gasteiger partial charge in [0.15, 0.2) is 0 Å². The molecule has 1 aliphatic heterocycles. The normalized spacial score (nSPS) is 13.8. The van der Waals surface area contributed by atoms with Gasteiger partial charge in [-0.3, -0.25) is 9.48 Å². The van der Waals surface area contributed by atoms with Gasteiger partial charge < -0.3 is 25.7 Å². The van der Waals surface area contributed by atoms with Gasteiger partial charge in [-0.15, -0.1) is 0 Å². The van der Waals surface area contributed by atoms with Crippen molar-refractivity contribution in [3.63, 3.8) is 0 Å². The fourth-order valence-electron chi connectivity index (χ4n) is 5.14. The molecule has 1 atom stereocenters. The molecule has 1 aliphatic rings. The molecule has 3 heterocycles. The number of carboxylic acids is 1. The SMILES string of the molecule is Cn1cc(-c2cccc(C(=O)NC(CCN(CCCCc3ccc4c(n3)NCCC4)CCC(C)(C)O)C(=O)O)c2)cn1. The molecule has 1 aromatic carbocycles. The molecule has 3 aromatic rings. The number of carbonyl (C=O) groups is 2. The zero-order valence-electron chi connectivity index (χ0n) is 25.0. The number of rotatable bonds is 15. The predicted octanol–water partition coefficient (Wildman–Crippen LogP) is 3.90. The number of benzene rings is 1. The van der Waals surface area contributed by atoms with Crippen molar-refractivity contribution in [1.29, 1.82) is 0 Å². The topological polar surface area (TPSA) is 133 Å². The Labute approximate surface area is 248 Å². The van der Waals surface area contributed by atoms with E-state index < -0.39 is 23.5 Å². The number of pyridine rings is 1. The highest BCUT2D eigenvalue weighted by Crippen LogP contribution is 2.21. The monoisotopic (exact) mass is 576 g/mol. The molecule has 1 unspecified atom stereocenters. The smallest absolute Gasteiger partial charge is 0.326 e. The van der Waals surface area contributed by atoms with E-state index in [0.717, 1.165) is 67.8 Å². The predicted molar refractivity (Wildman–Crippen MR) is 163 cm³/mol. The number of hydrogen-bond acceptors (Lipinski definition) is 7. The zero-order chi connectivity index (χ0) is 30.1. The van der Waals surface area contributed by atoms with Crippen molar-refractivity contribution >= 4 is 17.7 Å². The summed E-state index contributed by atoms with van der Waals surface area (Å²) < 4.78 is 1.69. The van der Waals surface area contributed by atoms with Crippen LogP contribution in [0, 0.1) is 0 Å². The number of nitrogens with zero attached hydrogens (tertiary/aromatic N) is 4. The average molecular weight is 577 g/mol. The minimum absolute atomic E-state index is 0.257. The number of fused-ring (bicyclic) bond motifs is 1. The summed E-state index contributed by atoms with van der Waals surface area (Å²) in [6, 6.07) is 10.4. The molecule has 0 radical (unpaired) electrons. The van der Waals surface area contributed by atoms with E-state index in [1.54, 1.807) is 42.9 Å². The highest BCUT2D eigenvalue weighted by atomic mass is 16.4. The van der Waals surface area contributed by atoms with Crippen molar-refractivity contribution in [3.05, 3.63) is 65.6 Å². The van der Waals surface area contributed by atoms with Crippen LogP contribution in [0.1, 0.15) is 67.6 Å². The van der Waals surface area contributed by atoms with E-state index in [2.05, 4.69) is 32.8 Å². The molecule has 0 saturated carbocycles. The Morgan fingerprint density at radius 3 is 2.71 bits per heavy atom. The molecule has 4 rings (SSSR count). The minimum atomic E-state index is -1.07. The molecule has 0 saturated heterocycles. The molecule has 0 spiro atoms. The highest BCUT2D eigenvalue weighted by molar-refractivity contribution is 5.97. The maximum Gasteiger partial charge on any atom is 0.326 e. The maximum atomic E-state index is 13.0. The standard InChI is InChI=1S/C32H44N6O4/c1-32(2,42)15-19-38(17-5-4-11-27-13-12-23-10-7-16-33-29(23)35-27)18-14-28(31(40)41)36-30(39)25-9-6-8-24(20-25)26-21-34-37(3)22-26/h6,8-9,12-13,20-22,28,42H,4-5,7,10-11,14-19H2,1-3H3,(H,33,35)(H,36,39)(H,40,41). The number of anilines is 1. The van der Waals surface area contributed by atoms with Gasteiger partial charge in [0.1, 0.15) is 11.9 Å². The van der Waals surface area contributed by atoms with Crippen molar-refractivity contribution in [2.45, 2.75) is 70.4 Å². The average Bonchev–Trinajstić information content (AvgIpc) is 3.41. The molecule has 0 bridgehead atoms. The molecule has 0 aliphatic carbocycles. The van der Waals surface area contributed by atoms with Crippen LogP contribution in [0.25, 0.3) is 11.1 Å². The lowest BCUT2D eigenvalue weighted by Gasteiger charge is -2.27. The van der Waals surface area contributed by atoms with Crippen LogP contribution < -0.4 is 10.6 Å². The number of aliphatic hydroxyl groups is 1. The van der Waals surface area contributed by atoms with Crippen molar-refractivity contribution in [2.24, 2.45) is 7.05 Å². The Morgan fingerprint density at radius 1 is 1.14 bits per heavy atom. The number of aryl methyl sites for hydroxylation is 3. The van der Waals surface area contributed by atoms with Crippen molar-refractivity contribution < 1.29 is 19.8 Å². The first-order chi connectivity index (χ1) is 20.1. The van der Waals surface area contributed by atoms with Crippen molar-refractivity contribution in [3.8, 4) is 11.1 Å². The van der Waals surface area contributed by atoms with Gasteiger partial charge in [0.25, 0.3) is 5.91 Å². The number of hydrogen-bond donors (Lipinski definition) is 4. The first kappa shape index (κ1) is 31.2. The number of unbranched alkanes of at least 4 members (excludes halogenated alkanes) is 1. The van der Waals surface area contributed by atoms with Gasteiger partial charge in [-0.05, 0) is 94.7 Å². The molecular formula is C32H44N6O4. The molecule has 42 heavy (non-hydrogen) atoms. The molecule has 2 aromatic heterocycles. The maximum absolute atomic E-state index is 13.0. The number of carbonyl (C=O) groups excluding carboxylic acids is 1. The molecule has 1 amide bonds. The van der Waals surface area contributed by atoms with Gasteiger partial charge in [0, 0.05) is 49.7 Å². The summed E-state index contributed by atoms with van der Waals surface area (Å²) in [7, 11) is 1.83. The second-order valence-electron chi connectivity index (χ2n) is 11.8. The minimum Gasteiger partial charge on any atom is -0.480 e. The largest absolute Gasteiger partial charge is 0.480 e. The summed E-state index contributed by atoms with van der Waals surface area (Å²) in [4.78, 5) is 32.1. The summed E-state index contributed by atoms with van der Waals surface area (Å²) in [5, 5.41) is 30.5. The van der Waals surface area contributed by atoms with E-state index in [9.17, 15) is 19.8 Å². The second kappa shape index (κ2) is 14.4. The Hall–Kier alpha value is -3.76. The lowest BCUT2D eigenvalue weighted by atomic mass is 10.0. The van der Waals surface area contributed by atoms with E-state index in [1.165, 1.54) is 5.56 Å². The summed E-state index contributed by atoms with van der Waals surface area (Å²) in [6.45, 7) is 6.42. The van der Waals surface area contributed by atoms with E-state index >= 15 is 0 Å². The first-order valence-electron chi connectivity index (χ1n) is 14.9. The van der Waals surface area contributed by atoms with E-state index in [4.69, 9.17) is 4.98 Å². The van der Waals surface area contributed by atoms with Crippen LogP contribution in [-0.4, -0.2) is 79.6 Å². The lowest BCUT2D eigenvalue weighted by Crippen LogP contribution is -2.43. The first-order valence-corrected chi connectivity index (χ1v) is 14.9. The van der Waals surface area contributed by atoms with Gasteiger partial charge in [0.2, 0.25) is 0 Å². The third-order valence-electron chi connectivity index (χ3n) is 7.65. The Bertz CT molecular complexity index is 1350. The zero-order valence-corrected chi connectivity index (χ0v) is 25.0. The van der Waals surface area contributed by atoms with E-state index in [1.807, 2.05) is 19.3 Å². The lowest BCUT2D eigenvalue weighted by molar-refractivity contribution is -0.139. The van der Waals surface area contributed by atoms with Crippen LogP contribution in [0.2, 0.25) is 0 Å². The number of aromatic nitrogens is 3. The quantitative estimate of drug-likeness (QED) is 0.200. The number of nitrogens with one attached hydrogen (secondary N) is 2. The van der Waals surface area contributed by atoms with Crippen LogP contribution in [0.5, 0.6) is 0 Å². The van der Waals surface area contributed by atoms with Gasteiger partial charge in [0.05, 0.1) is 11.8 Å². The van der Waals surface area contributed by atoms with Gasteiger partial charge in [-0.1, -0.05) is 18.2 Å². The highest BCUT2D eigenvalue weighted by Gasteiger charge is 2.23. The summed E-state index contributed by atoms with van der Waals surface area (Å²) >= 11 is 0. The van der Waals surface area contributed by atoms with Gasteiger partial charge >= 0.3 is 5.97 Å². The van der Waals surface area contributed by atoms with Gasteiger partial charge in [-0.25, -0.2) is 9.78 Å². The summed E-state index contributed by atoms with van der Waals surface area (Å²) in [5.41, 5.74) is 3.65. The number of amides is 1. The summed E-state index contributed by atoms with van der Waals surface area (Å²) in [6.07, 6.45) is 9.37. The third kappa shape index (κ3) is 9.39. The second-order valence-corrected chi connectivity index (χ2v) is 11.8. The fourth-order valence-corrected chi connectivity index (χ4v) is 5.14. The van der Waals surface area contributed by atoms with E-state index in [-0.39, 0.29) is 6.42 Å².